The van der Waals surface area contributed by atoms with E-state index >= 15 is 0 Å². The van der Waals surface area contributed by atoms with E-state index in [1.165, 1.54) is 0 Å². The Balaban J connectivity index is 3.50. The second-order valence-electron chi connectivity index (χ2n) is 3.04. The molecule has 0 aliphatic carbocycles. The highest BCUT2D eigenvalue weighted by molar-refractivity contribution is 5.81. The highest BCUT2D eigenvalue weighted by atomic mass is 16.2. The third-order valence-corrected chi connectivity index (χ3v) is 1.74. The molecule has 2 N–H and O–H groups in total. The minimum atomic E-state index is -0.105. The lowest BCUT2D eigenvalue weighted by Gasteiger charge is -2.12. The average Bonchev–Trinajstić information content (AvgIpc) is 2.14. The van der Waals surface area contributed by atoms with Crippen molar-refractivity contribution in [2.24, 2.45) is 0 Å². The fourth-order valence-electron chi connectivity index (χ4n) is 0.896. The van der Waals surface area contributed by atoms with E-state index in [9.17, 15) is 4.79 Å². The Bertz CT molecular complexity index is 157. The third kappa shape index (κ3) is 6.34. The maximum Gasteiger partial charge on any atom is 0.236 e. The molecule has 0 fully saturated rings. The van der Waals surface area contributed by atoms with E-state index in [0.29, 0.717) is 0 Å². The molecule has 0 aromatic heterocycles. The predicted octanol–water partition coefficient (Wildman–Crippen LogP) is 1.07. The molecule has 0 spiro atoms. The van der Waals surface area contributed by atoms with Crippen LogP contribution in [0.3, 0.4) is 0 Å². The minimum absolute atomic E-state index is 0.0749. The topological polar surface area (TPSA) is 41.1 Å². The lowest BCUT2D eigenvalue weighted by molar-refractivity contribution is -0.122. The van der Waals surface area contributed by atoms with Crippen LogP contribution >= 0.6 is 0 Å². The van der Waals surface area contributed by atoms with Gasteiger partial charge in [-0.15, -0.1) is 6.58 Å². The lowest BCUT2D eigenvalue weighted by Crippen LogP contribution is -2.42. The first-order chi connectivity index (χ1) is 6.22. The van der Waals surface area contributed by atoms with E-state index in [1.807, 2.05) is 19.9 Å². The third-order valence-electron chi connectivity index (χ3n) is 1.74. The molecular formula is C10H20N2O. The first kappa shape index (κ1) is 12.2. The van der Waals surface area contributed by atoms with Gasteiger partial charge in [0.2, 0.25) is 5.91 Å². The highest BCUT2D eigenvalue weighted by Crippen LogP contribution is 1.84. The van der Waals surface area contributed by atoms with Crippen LogP contribution < -0.4 is 10.6 Å². The Morgan fingerprint density at radius 3 is 2.77 bits per heavy atom. The summed E-state index contributed by atoms with van der Waals surface area (Å²) >= 11 is 0. The Morgan fingerprint density at radius 2 is 2.23 bits per heavy atom. The van der Waals surface area contributed by atoms with E-state index in [0.717, 1.165) is 25.9 Å². The van der Waals surface area contributed by atoms with Crippen molar-refractivity contribution in [3.8, 4) is 0 Å². The van der Waals surface area contributed by atoms with Gasteiger partial charge in [-0.1, -0.05) is 13.0 Å². The first-order valence-corrected chi connectivity index (χ1v) is 4.84. The Hall–Kier alpha value is -0.830. The molecule has 1 amide bonds. The molecule has 3 heteroatoms. The molecule has 13 heavy (non-hydrogen) atoms. The summed E-state index contributed by atoms with van der Waals surface area (Å²) in [5.41, 5.74) is 0. The van der Waals surface area contributed by atoms with Gasteiger partial charge in [0, 0.05) is 6.54 Å². The van der Waals surface area contributed by atoms with Gasteiger partial charge in [0.1, 0.15) is 0 Å². The van der Waals surface area contributed by atoms with Gasteiger partial charge < -0.3 is 10.6 Å². The van der Waals surface area contributed by atoms with E-state index in [-0.39, 0.29) is 11.9 Å². The average molecular weight is 184 g/mol. The Kier molecular flexibility index (Phi) is 7.30. The predicted molar refractivity (Wildman–Crippen MR) is 55.6 cm³/mol. The van der Waals surface area contributed by atoms with Crippen molar-refractivity contribution in [1.29, 1.82) is 0 Å². The zero-order chi connectivity index (χ0) is 10.1. The number of rotatable bonds is 7. The molecule has 0 aromatic carbocycles. The van der Waals surface area contributed by atoms with Crippen LogP contribution in [0.1, 0.15) is 26.7 Å². The second kappa shape index (κ2) is 7.80. The van der Waals surface area contributed by atoms with Gasteiger partial charge in [0.25, 0.3) is 0 Å². The molecular weight excluding hydrogens is 164 g/mol. The summed E-state index contributed by atoms with van der Waals surface area (Å²) in [4.78, 5) is 11.3. The van der Waals surface area contributed by atoms with Crippen LogP contribution in [0.25, 0.3) is 0 Å². The molecule has 0 heterocycles. The fourth-order valence-corrected chi connectivity index (χ4v) is 0.896. The summed E-state index contributed by atoms with van der Waals surface area (Å²) in [7, 11) is 0. The van der Waals surface area contributed by atoms with Crippen molar-refractivity contribution in [2.75, 3.05) is 13.1 Å². The van der Waals surface area contributed by atoms with Crippen molar-refractivity contribution in [3.63, 3.8) is 0 Å². The van der Waals surface area contributed by atoms with Crippen LogP contribution in [-0.4, -0.2) is 25.0 Å². The highest BCUT2D eigenvalue weighted by Gasteiger charge is 2.09. The van der Waals surface area contributed by atoms with Crippen LogP contribution in [0.5, 0.6) is 0 Å². The molecule has 0 saturated heterocycles. The summed E-state index contributed by atoms with van der Waals surface area (Å²) in [6, 6.07) is -0.105. The fraction of sp³-hybridized carbons (Fsp3) is 0.700. The normalized spacial score (nSPS) is 12.2. The zero-order valence-electron chi connectivity index (χ0n) is 8.60. The van der Waals surface area contributed by atoms with Gasteiger partial charge in [0.05, 0.1) is 6.04 Å². The number of nitrogens with one attached hydrogen (secondary N) is 2. The number of amides is 1. The van der Waals surface area contributed by atoms with Gasteiger partial charge in [0.15, 0.2) is 0 Å². The van der Waals surface area contributed by atoms with Crippen LogP contribution in [0.4, 0.5) is 0 Å². The number of carbonyl (C=O) groups is 1. The van der Waals surface area contributed by atoms with Crippen LogP contribution in [0.15, 0.2) is 12.7 Å². The van der Waals surface area contributed by atoms with Crippen molar-refractivity contribution >= 4 is 5.91 Å². The Labute approximate surface area is 80.6 Å². The number of carbonyl (C=O) groups excluding carboxylic acids is 1. The van der Waals surface area contributed by atoms with Crippen molar-refractivity contribution in [3.05, 3.63) is 12.7 Å². The first-order valence-electron chi connectivity index (χ1n) is 4.84. The van der Waals surface area contributed by atoms with Gasteiger partial charge in [-0.05, 0) is 26.3 Å². The summed E-state index contributed by atoms with van der Waals surface area (Å²) in [6.07, 6.45) is 3.71. The SMILES string of the molecule is C=CCCNC(C)C(=O)NCCC. The molecule has 0 saturated carbocycles. The van der Waals surface area contributed by atoms with Crippen LogP contribution in [-0.2, 0) is 4.79 Å². The van der Waals surface area contributed by atoms with Crippen molar-refractivity contribution < 1.29 is 4.79 Å². The van der Waals surface area contributed by atoms with Gasteiger partial charge in [-0.25, -0.2) is 0 Å². The summed E-state index contributed by atoms with van der Waals surface area (Å²) in [5, 5.41) is 5.94. The summed E-state index contributed by atoms with van der Waals surface area (Å²) in [6.45, 7) is 9.08. The maximum atomic E-state index is 11.3. The quantitative estimate of drug-likeness (QED) is 0.459. The largest absolute Gasteiger partial charge is 0.355 e. The molecule has 1 unspecified atom stereocenters. The molecule has 0 aromatic rings. The number of hydrogen-bond donors (Lipinski definition) is 2. The molecule has 3 nitrogen and oxygen atoms in total. The summed E-state index contributed by atoms with van der Waals surface area (Å²) in [5.74, 6) is 0.0749. The van der Waals surface area contributed by atoms with Gasteiger partial charge >= 0.3 is 0 Å². The molecule has 76 valence electrons. The summed E-state index contributed by atoms with van der Waals surface area (Å²) < 4.78 is 0. The molecule has 0 rings (SSSR count). The van der Waals surface area contributed by atoms with Crippen molar-refractivity contribution in [1.82, 2.24) is 10.6 Å². The van der Waals surface area contributed by atoms with E-state index < -0.39 is 0 Å². The van der Waals surface area contributed by atoms with E-state index in [1.54, 1.807) is 0 Å². The second-order valence-corrected chi connectivity index (χ2v) is 3.04. The van der Waals surface area contributed by atoms with Crippen molar-refractivity contribution in [2.45, 2.75) is 32.7 Å². The number of hydrogen-bond acceptors (Lipinski definition) is 2. The monoisotopic (exact) mass is 184 g/mol. The van der Waals surface area contributed by atoms with Crippen LogP contribution in [0.2, 0.25) is 0 Å². The molecule has 1 atom stereocenters. The van der Waals surface area contributed by atoms with E-state index in [2.05, 4.69) is 17.2 Å². The molecule has 0 radical (unpaired) electrons. The Morgan fingerprint density at radius 1 is 1.54 bits per heavy atom. The molecule has 0 bridgehead atoms. The zero-order valence-corrected chi connectivity index (χ0v) is 8.60. The smallest absolute Gasteiger partial charge is 0.236 e. The van der Waals surface area contributed by atoms with Gasteiger partial charge in [-0.2, -0.15) is 0 Å². The molecule has 0 aliphatic rings. The van der Waals surface area contributed by atoms with Crippen LogP contribution in [0, 0.1) is 0 Å². The maximum absolute atomic E-state index is 11.3. The lowest BCUT2D eigenvalue weighted by atomic mass is 10.3. The van der Waals surface area contributed by atoms with E-state index in [4.69, 9.17) is 0 Å². The molecule has 0 aliphatic heterocycles. The minimum Gasteiger partial charge on any atom is -0.355 e. The standard InChI is InChI=1S/C10H20N2O/c1-4-6-8-11-9(3)10(13)12-7-5-2/h4,9,11H,1,5-8H2,2-3H3,(H,12,13). The van der Waals surface area contributed by atoms with Gasteiger partial charge in [-0.3, -0.25) is 4.79 Å².